The molecular formula is C22H28ClN3O4S2. The quantitative estimate of drug-likeness (QED) is 0.497. The molecule has 0 unspecified atom stereocenters. The highest BCUT2D eigenvalue weighted by Gasteiger charge is 2.29. The third kappa shape index (κ3) is 6.32. The van der Waals surface area contributed by atoms with Gasteiger partial charge in [0.25, 0.3) is 0 Å². The number of carbonyl (C=O) groups excluding carboxylic acids is 1. The van der Waals surface area contributed by atoms with Crippen molar-refractivity contribution in [2.75, 3.05) is 38.6 Å². The van der Waals surface area contributed by atoms with Gasteiger partial charge in [-0.3, -0.25) is 9.69 Å². The lowest BCUT2D eigenvalue weighted by Gasteiger charge is -2.26. The van der Waals surface area contributed by atoms with E-state index in [0.717, 1.165) is 24.1 Å². The van der Waals surface area contributed by atoms with Gasteiger partial charge in [-0.15, -0.1) is 17.9 Å². The molecule has 10 heteroatoms. The fraction of sp³-hybridized carbons (Fsp3) is 0.409. The molecule has 0 spiro atoms. The van der Waals surface area contributed by atoms with Gasteiger partial charge in [-0.1, -0.05) is 24.1 Å². The Morgan fingerprint density at radius 3 is 2.66 bits per heavy atom. The summed E-state index contributed by atoms with van der Waals surface area (Å²) in [6.45, 7) is 5.96. The Bertz CT molecular complexity index is 1050. The Hall–Kier alpha value is -1.91. The minimum Gasteiger partial charge on any atom is -0.495 e. The van der Waals surface area contributed by atoms with Crippen LogP contribution in [-0.2, 0) is 21.4 Å². The van der Waals surface area contributed by atoms with E-state index in [4.69, 9.17) is 16.3 Å². The number of rotatable bonds is 10. The van der Waals surface area contributed by atoms with Crippen molar-refractivity contribution in [2.24, 2.45) is 0 Å². The van der Waals surface area contributed by atoms with E-state index in [0.29, 0.717) is 36.2 Å². The average molecular weight is 498 g/mol. The number of hydrogen-bond acceptors (Lipinski definition) is 6. The highest BCUT2D eigenvalue weighted by molar-refractivity contribution is 7.89. The number of methoxy groups -OCH3 is 1. The molecule has 1 saturated heterocycles. The normalized spacial score (nSPS) is 15.0. The summed E-state index contributed by atoms with van der Waals surface area (Å²) in [5, 5.41) is 2.81. The summed E-state index contributed by atoms with van der Waals surface area (Å²) in [6, 6.07) is 8.44. The Morgan fingerprint density at radius 2 is 2.03 bits per heavy atom. The SMILES string of the molecule is C=CCN(CC(=O)Nc1ccc(OC)c(S(=O)(=O)N2CCCCC2)c1)Cc1ccc(Cl)s1. The molecule has 0 saturated carbocycles. The standard InChI is InChI=1S/C22H28ClN3O4S2/c1-3-11-25(15-18-8-10-21(23)31-18)16-22(27)24-17-7-9-19(30-2)20(14-17)32(28,29)26-12-5-4-6-13-26/h3,7-10,14H,1,4-6,11-13,15-16H2,2H3,(H,24,27). The van der Waals surface area contributed by atoms with E-state index in [1.807, 2.05) is 17.0 Å². The van der Waals surface area contributed by atoms with Crippen molar-refractivity contribution < 1.29 is 17.9 Å². The molecule has 0 atom stereocenters. The zero-order chi connectivity index (χ0) is 23.1. The maximum atomic E-state index is 13.2. The molecule has 1 fully saturated rings. The van der Waals surface area contributed by atoms with Crippen LogP contribution in [0, 0.1) is 0 Å². The number of carbonyl (C=O) groups is 1. The molecule has 0 aliphatic carbocycles. The smallest absolute Gasteiger partial charge is 0.246 e. The number of piperidine rings is 1. The molecule has 2 aromatic rings. The van der Waals surface area contributed by atoms with Crippen molar-refractivity contribution in [1.29, 1.82) is 0 Å². The average Bonchev–Trinajstić information content (AvgIpc) is 3.18. The van der Waals surface area contributed by atoms with Gasteiger partial charge < -0.3 is 10.1 Å². The predicted molar refractivity (Wildman–Crippen MR) is 129 cm³/mol. The van der Waals surface area contributed by atoms with Crippen LogP contribution in [0.3, 0.4) is 0 Å². The van der Waals surface area contributed by atoms with Gasteiger partial charge >= 0.3 is 0 Å². The molecule has 3 rings (SSSR count). The number of nitrogens with zero attached hydrogens (tertiary/aromatic N) is 2. The molecule has 1 aromatic heterocycles. The molecule has 1 amide bonds. The molecule has 1 aromatic carbocycles. The van der Waals surface area contributed by atoms with Crippen LogP contribution >= 0.6 is 22.9 Å². The maximum absolute atomic E-state index is 13.2. The van der Waals surface area contributed by atoms with Gasteiger partial charge in [0.05, 0.1) is 18.0 Å². The van der Waals surface area contributed by atoms with Crippen LogP contribution in [0.15, 0.2) is 47.9 Å². The maximum Gasteiger partial charge on any atom is 0.246 e. The Morgan fingerprint density at radius 1 is 1.28 bits per heavy atom. The zero-order valence-electron chi connectivity index (χ0n) is 18.0. The van der Waals surface area contributed by atoms with Gasteiger partial charge in [0.1, 0.15) is 10.6 Å². The van der Waals surface area contributed by atoms with Crippen LogP contribution in [0.25, 0.3) is 0 Å². The summed E-state index contributed by atoms with van der Waals surface area (Å²) in [6.07, 6.45) is 4.44. The van der Waals surface area contributed by atoms with E-state index in [-0.39, 0.29) is 23.1 Å². The van der Waals surface area contributed by atoms with Crippen LogP contribution in [-0.4, -0.2) is 56.8 Å². The van der Waals surface area contributed by atoms with Gasteiger partial charge in [-0.25, -0.2) is 8.42 Å². The van der Waals surface area contributed by atoms with Crippen LogP contribution in [0.2, 0.25) is 4.34 Å². The minimum atomic E-state index is -3.71. The summed E-state index contributed by atoms with van der Waals surface area (Å²) in [7, 11) is -2.27. The molecular weight excluding hydrogens is 470 g/mol. The first-order chi connectivity index (χ1) is 15.3. The third-order valence-corrected chi connectivity index (χ3v) is 8.28. The molecule has 1 aliphatic rings. The number of thiophene rings is 1. The lowest BCUT2D eigenvalue weighted by molar-refractivity contribution is -0.117. The number of amides is 1. The minimum absolute atomic E-state index is 0.0656. The molecule has 32 heavy (non-hydrogen) atoms. The van der Waals surface area contributed by atoms with Crippen LogP contribution in [0.1, 0.15) is 24.1 Å². The van der Waals surface area contributed by atoms with Crippen molar-refractivity contribution >= 4 is 44.6 Å². The molecule has 0 bridgehead atoms. The largest absolute Gasteiger partial charge is 0.495 e. The van der Waals surface area contributed by atoms with E-state index in [1.165, 1.54) is 28.8 Å². The van der Waals surface area contributed by atoms with Gasteiger partial charge in [0, 0.05) is 36.7 Å². The second-order valence-corrected chi connectivity index (χ2v) is 11.2. The van der Waals surface area contributed by atoms with Gasteiger partial charge in [-0.2, -0.15) is 4.31 Å². The number of halogens is 1. The summed E-state index contributed by atoms with van der Waals surface area (Å²) in [5.41, 5.74) is 0.407. The number of hydrogen-bond donors (Lipinski definition) is 1. The van der Waals surface area contributed by atoms with Gasteiger partial charge in [0.15, 0.2) is 0 Å². The van der Waals surface area contributed by atoms with Crippen LogP contribution in [0.4, 0.5) is 5.69 Å². The van der Waals surface area contributed by atoms with Crippen molar-refractivity contribution in [3.63, 3.8) is 0 Å². The number of nitrogens with one attached hydrogen (secondary N) is 1. The van der Waals surface area contributed by atoms with E-state index in [1.54, 1.807) is 18.2 Å². The number of anilines is 1. The topological polar surface area (TPSA) is 79.0 Å². The van der Waals surface area contributed by atoms with E-state index < -0.39 is 10.0 Å². The lowest BCUT2D eigenvalue weighted by atomic mass is 10.2. The zero-order valence-corrected chi connectivity index (χ0v) is 20.4. The van der Waals surface area contributed by atoms with E-state index >= 15 is 0 Å². The summed E-state index contributed by atoms with van der Waals surface area (Å²) < 4.78 is 33.8. The second-order valence-electron chi connectivity index (χ2n) is 7.54. The first kappa shape index (κ1) is 24.7. The molecule has 1 N–H and O–H groups in total. The van der Waals surface area contributed by atoms with Crippen molar-refractivity contribution in [3.05, 3.63) is 52.2 Å². The van der Waals surface area contributed by atoms with E-state index in [9.17, 15) is 13.2 Å². The molecule has 0 radical (unpaired) electrons. The number of benzene rings is 1. The van der Waals surface area contributed by atoms with Gasteiger partial charge in [0.2, 0.25) is 15.9 Å². The first-order valence-corrected chi connectivity index (χ1v) is 13.0. The number of ether oxygens (including phenoxy) is 1. The van der Waals surface area contributed by atoms with Crippen molar-refractivity contribution in [2.45, 2.75) is 30.7 Å². The third-order valence-electron chi connectivity index (χ3n) is 5.14. The van der Waals surface area contributed by atoms with Crippen molar-refractivity contribution in [3.8, 4) is 5.75 Å². The Balaban J connectivity index is 1.73. The fourth-order valence-electron chi connectivity index (χ4n) is 3.63. The van der Waals surface area contributed by atoms with Gasteiger partial charge in [-0.05, 0) is 43.2 Å². The summed E-state index contributed by atoms with van der Waals surface area (Å²) in [5.74, 6) is 0.0115. The molecule has 2 heterocycles. The fourth-order valence-corrected chi connectivity index (χ4v) is 6.46. The molecule has 1 aliphatic heterocycles. The summed E-state index contributed by atoms with van der Waals surface area (Å²) >= 11 is 7.47. The monoisotopic (exact) mass is 497 g/mol. The van der Waals surface area contributed by atoms with Crippen molar-refractivity contribution in [1.82, 2.24) is 9.21 Å². The van der Waals surface area contributed by atoms with E-state index in [2.05, 4.69) is 11.9 Å². The molecule has 174 valence electrons. The highest BCUT2D eigenvalue weighted by atomic mass is 35.5. The predicted octanol–water partition coefficient (Wildman–Crippen LogP) is 4.21. The highest BCUT2D eigenvalue weighted by Crippen LogP contribution is 2.31. The number of sulfonamides is 1. The Labute approximate surface area is 198 Å². The summed E-state index contributed by atoms with van der Waals surface area (Å²) in [4.78, 5) is 15.8. The lowest BCUT2D eigenvalue weighted by Crippen LogP contribution is -2.36. The first-order valence-electron chi connectivity index (χ1n) is 10.4. The second kappa shape index (κ2) is 11.3. The van der Waals surface area contributed by atoms with Crippen LogP contribution < -0.4 is 10.1 Å². The molecule has 7 nitrogen and oxygen atoms in total. The Kier molecular flexibility index (Phi) is 8.72. The van der Waals surface area contributed by atoms with Crippen LogP contribution in [0.5, 0.6) is 5.75 Å².